The van der Waals surface area contributed by atoms with E-state index >= 15 is 0 Å². The zero-order valence-electron chi connectivity index (χ0n) is 15.8. The van der Waals surface area contributed by atoms with Crippen molar-refractivity contribution in [2.24, 2.45) is 7.05 Å². The van der Waals surface area contributed by atoms with Crippen LogP contribution >= 0.6 is 23.1 Å². The van der Waals surface area contributed by atoms with Crippen LogP contribution in [0.15, 0.2) is 29.4 Å². The zero-order valence-corrected chi connectivity index (χ0v) is 17.4. The maximum absolute atomic E-state index is 4.40. The molecule has 0 fully saturated rings. The first-order valence-corrected chi connectivity index (χ1v) is 10.4. The Bertz CT molecular complexity index is 851. The molecule has 0 saturated heterocycles. The molecule has 26 heavy (non-hydrogen) atoms. The Morgan fingerprint density at radius 1 is 1.08 bits per heavy atom. The summed E-state index contributed by atoms with van der Waals surface area (Å²) < 4.78 is 2.04. The van der Waals surface area contributed by atoms with Crippen molar-refractivity contribution in [3.63, 3.8) is 0 Å². The molecule has 2 heterocycles. The van der Waals surface area contributed by atoms with Crippen molar-refractivity contribution in [1.82, 2.24) is 25.0 Å². The number of nitrogens with zero attached hydrogens (tertiary/aromatic N) is 6. The van der Waals surface area contributed by atoms with E-state index in [4.69, 9.17) is 0 Å². The summed E-state index contributed by atoms with van der Waals surface area (Å²) in [5, 5.41) is 20.2. The molecule has 0 spiro atoms. The molecular formula is C18H24N6S2. The highest BCUT2D eigenvalue weighted by molar-refractivity contribution is 7.99. The number of anilines is 1. The number of hydrogen-bond acceptors (Lipinski definition) is 7. The minimum Gasteiger partial charge on any atom is -0.372 e. The quantitative estimate of drug-likeness (QED) is 0.561. The van der Waals surface area contributed by atoms with E-state index in [-0.39, 0.29) is 5.25 Å². The van der Waals surface area contributed by atoms with Gasteiger partial charge >= 0.3 is 0 Å². The van der Waals surface area contributed by atoms with Crippen LogP contribution in [0.3, 0.4) is 0 Å². The summed E-state index contributed by atoms with van der Waals surface area (Å²) in [5.74, 6) is 0.874. The number of rotatable bonds is 7. The van der Waals surface area contributed by atoms with Gasteiger partial charge < -0.3 is 9.47 Å². The van der Waals surface area contributed by atoms with Crippen LogP contribution in [0, 0.1) is 6.92 Å². The third-order valence-corrected chi connectivity index (χ3v) is 6.57. The lowest BCUT2D eigenvalue weighted by atomic mass is 10.2. The molecule has 0 N–H and O–H groups in total. The van der Waals surface area contributed by atoms with Crippen molar-refractivity contribution in [3.05, 3.63) is 34.3 Å². The highest BCUT2D eigenvalue weighted by Crippen LogP contribution is 2.36. The largest absolute Gasteiger partial charge is 0.372 e. The molecule has 0 amide bonds. The molecule has 0 aliphatic heterocycles. The number of benzene rings is 1. The van der Waals surface area contributed by atoms with E-state index in [9.17, 15) is 0 Å². The van der Waals surface area contributed by atoms with Crippen LogP contribution in [0.5, 0.6) is 0 Å². The van der Waals surface area contributed by atoms with Crippen molar-refractivity contribution < 1.29 is 0 Å². The molecule has 0 aliphatic carbocycles. The summed E-state index contributed by atoms with van der Waals surface area (Å²) in [7, 11) is 2.01. The Balaban J connectivity index is 1.78. The van der Waals surface area contributed by atoms with Gasteiger partial charge in [-0.05, 0) is 52.0 Å². The topological polar surface area (TPSA) is 59.7 Å². The molecule has 0 saturated carbocycles. The molecule has 1 atom stereocenters. The van der Waals surface area contributed by atoms with E-state index in [1.165, 1.54) is 5.69 Å². The fourth-order valence-corrected chi connectivity index (χ4v) is 4.48. The lowest BCUT2D eigenvalue weighted by Gasteiger charge is -2.21. The first-order chi connectivity index (χ1) is 12.5. The second-order valence-electron chi connectivity index (χ2n) is 6.00. The summed E-state index contributed by atoms with van der Waals surface area (Å²) in [5.41, 5.74) is 2.30. The van der Waals surface area contributed by atoms with Gasteiger partial charge in [-0.2, -0.15) is 0 Å². The third kappa shape index (κ3) is 3.91. The molecule has 8 heteroatoms. The minimum atomic E-state index is 0.196. The molecular weight excluding hydrogens is 364 g/mol. The van der Waals surface area contributed by atoms with Crippen LogP contribution < -0.4 is 4.90 Å². The highest BCUT2D eigenvalue weighted by atomic mass is 32.2. The second kappa shape index (κ2) is 8.18. The van der Waals surface area contributed by atoms with E-state index in [1.54, 1.807) is 23.1 Å². The SMILES string of the molecule is CCN(CC)c1ccc(-c2nnc(S[C@H](C)c3nnc(C)s3)n2C)cc1. The van der Waals surface area contributed by atoms with Crippen LogP contribution in [0.25, 0.3) is 11.4 Å². The smallest absolute Gasteiger partial charge is 0.191 e. The molecule has 0 aliphatic rings. The summed E-state index contributed by atoms with van der Waals surface area (Å²) in [6, 6.07) is 8.53. The van der Waals surface area contributed by atoms with E-state index in [1.807, 2.05) is 18.5 Å². The molecule has 2 aromatic heterocycles. The van der Waals surface area contributed by atoms with Gasteiger partial charge in [0.1, 0.15) is 10.0 Å². The number of aryl methyl sites for hydroxylation is 1. The average Bonchev–Trinajstić information content (AvgIpc) is 3.23. The Morgan fingerprint density at radius 3 is 2.35 bits per heavy atom. The van der Waals surface area contributed by atoms with Crippen molar-refractivity contribution in [2.45, 2.75) is 38.1 Å². The van der Waals surface area contributed by atoms with Crippen molar-refractivity contribution in [3.8, 4) is 11.4 Å². The zero-order chi connectivity index (χ0) is 18.7. The van der Waals surface area contributed by atoms with Gasteiger partial charge in [-0.1, -0.05) is 11.8 Å². The van der Waals surface area contributed by atoms with Gasteiger partial charge in [0.05, 0.1) is 5.25 Å². The van der Waals surface area contributed by atoms with Gasteiger partial charge in [0, 0.05) is 31.4 Å². The maximum atomic E-state index is 4.40. The first kappa shape index (κ1) is 18.8. The molecule has 138 valence electrons. The van der Waals surface area contributed by atoms with Crippen LogP contribution in [-0.4, -0.2) is 38.1 Å². The van der Waals surface area contributed by atoms with E-state index in [2.05, 4.69) is 70.3 Å². The highest BCUT2D eigenvalue weighted by Gasteiger charge is 2.18. The number of hydrogen-bond donors (Lipinski definition) is 0. The minimum absolute atomic E-state index is 0.196. The lowest BCUT2D eigenvalue weighted by molar-refractivity contribution is 0.789. The van der Waals surface area contributed by atoms with Crippen molar-refractivity contribution >= 4 is 28.8 Å². The van der Waals surface area contributed by atoms with Gasteiger partial charge in [-0.25, -0.2) is 0 Å². The third-order valence-electron chi connectivity index (χ3n) is 4.26. The number of thioether (sulfide) groups is 1. The van der Waals surface area contributed by atoms with Gasteiger partial charge in [0.15, 0.2) is 11.0 Å². The second-order valence-corrected chi connectivity index (χ2v) is 8.52. The van der Waals surface area contributed by atoms with Gasteiger partial charge in [-0.3, -0.25) is 0 Å². The Hall–Kier alpha value is -1.93. The predicted octanol–water partition coefficient (Wildman–Crippen LogP) is 4.34. The summed E-state index contributed by atoms with van der Waals surface area (Å²) in [4.78, 5) is 2.33. The maximum Gasteiger partial charge on any atom is 0.191 e. The molecule has 3 rings (SSSR count). The predicted molar refractivity (Wildman–Crippen MR) is 109 cm³/mol. The van der Waals surface area contributed by atoms with Gasteiger partial charge in [0.25, 0.3) is 0 Å². The van der Waals surface area contributed by atoms with E-state index < -0.39 is 0 Å². The fraction of sp³-hybridized carbons (Fsp3) is 0.444. The Kier molecular flexibility index (Phi) is 5.93. The summed E-state index contributed by atoms with van der Waals surface area (Å²) in [6.45, 7) is 10.4. The molecule has 1 aromatic carbocycles. The van der Waals surface area contributed by atoms with Gasteiger partial charge in [-0.15, -0.1) is 31.7 Å². The average molecular weight is 389 g/mol. The van der Waals surface area contributed by atoms with Crippen LogP contribution in [0.4, 0.5) is 5.69 Å². The molecule has 6 nitrogen and oxygen atoms in total. The number of aromatic nitrogens is 5. The lowest BCUT2D eigenvalue weighted by Crippen LogP contribution is -2.21. The van der Waals surface area contributed by atoms with Gasteiger partial charge in [0.2, 0.25) is 0 Å². The molecule has 0 unspecified atom stereocenters. The van der Waals surface area contributed by atoms with Crippen molar-refractivity contribution in [1.29, 1.82) is 0 Å². The first-order valence-electron chi connectivity index (χ1n) is 8.74. The summed E-state index contributed by atoms with van der Waals surface area (Å²) >= 11 is 3.28. The van der Waals surface area contributed by atoms with Crippen LogP contribution in [0.1, 0.15) is 36.0 Å². The molecule has 0 bridgehead atoms. The monoisotopic (exact) mass is 388 g/mol. The Labute approximate surface area is 162 Å². The van der Waals surface area contributed by atoms with Crippen molar-refractivity contribution in [2.75, 3.05) is 18.0 Å². The normalized spacial score (nSPS) is 12.3. The van der Waals surface area contributed by atoms with Crippen LogP contribution in [-0.2, 0) is 7.05 Å². The standard InChI is InChI=1S/C18H24N6S2/c1-6-24(7-2)15-10-8-14(9-11-15)16-20-22-18(23(16)5)25-12(3)17-21-19-13(4)26-17/h8-12H,6-7H2,1-5H3/t12-/m1/s1. The molecule has 0 radical (unpaired) electrons. The Morgan fingerprint density at radius 2 is 1.77 bits per heavy atom. The van der Waals surface area contributed by atoms with E-state index in [0.717, 1.165) is 39.6 Å². The summed E-state index contributed by atoms with van der Waals surface area (Å²) in [6.07, 6.45) is 0. The fourth-order valence-electron chi connectivity index (χ4n) is 2.76. The van der Waals surface area contributed by atoms with Crippen LogP contribution in [0.2, 0.25) is 0 Å². The van der Waals surface area contributed by atoms with E-state index in [0.29, 0.717) is 0 Å². The molecule has 3 aromatic rings.